The van der Waals surface area contributed by atoms with Crippen LogP contribution in [0.4, 0.5) is 0 Å². The van der Waals surface area contributed by atoms with Crippen LogP contribution in [0, 0.1) is 0 Å². The Morgan fingerprint density at radius 2 is 1.61 bits per heavy atom. The average Bonchev–Trinajstić information content (AvgIpc) is 2.11. The number of hydroxylamine groups is 2. The number of carbonyl (C=O) groups is 1. The molecule has 18 heavy (non-hydrogen) atoms. The van der Waals surface area contributed by atoms with Crippen LogP contribution < -0.4 is 0 Å². The highest BCUT2D eigenvalue weighted by Crippen LogP contribution is 2.39. The molecule has 0 spiro atoms. The van der Waals surface area contributed by atoms with E-state index >= 15 is 0 Å². The summed E-state index contributed by atoms with van der Waals surface area (Å²) in [6.07, 6.45) is 0.323. The number of nitrogens with zero attached hydrogens (tertiary/aromatic N) is 1. The van der Waals surface area contributed by atoms with Crippen molar-refractivity contribution in [2.45, 2.75) is 64.8 Å². The Hall–Kier alpha value is -0.393. The summed E-state index contributed by atoms with van der Waals surface area (Å²) in [5.41, 5.74) is -0.465. The maximum Gasteiger partial charge on any atom is 0.248 e. The van der Waals surface area contributed by atoms with E-state index in [1.54, 1.807) is 7.05 Å². The van der Waals surface area contributed by atoms with E-state index in [9.17, 15) is 4.79 Å². The third-order valence-electron chi connectivity index (χ3n) is 3.54. The van der Waals surface area contributed by atoms with Gasteiger partial charge in [0.2, 0.25) is 5.91 Å². The van der Waals surface area contributed by atoms with Crippen molar-refractivity contribution in [2.24, 2.45) is 0 Å². The molecule has 0 aromatic heterocycles. The Morgan fingerprint density at radius 1 is 1.17 bits per heavy atom. The Labute approximate surface area is 113 Å². The zero-order valence-electron chi connectivity index (χ0n) is 13.4. The van der Waals surface area contributed by atoms with Gasteiger partial charge < -0.3 is 4.43 Å². The van der Waals surface area contributed by atoms with Gasteiger partial charge in [0.15, 0.2) is 8.32 Å². The van der Waals surface area contributed by atoms with Crippen molar-refractivity contribution in [2.75, 3.05) is 14.2 Å². The van der Waals surface area contributed by atoms with Crippen LogP contribution in [0.3, 0.4) is 0 Å². The number of rotatable bonds is 5. The van der Waals surface area contributed by atoms with Gasteiger partial charge in [0.1, 0.15) is 0 Å². The molecular weight excluding hydrogens is 246 g/mol. The lowest BCUT2D eigenvalue weighted by Gasteiger charge is -2.42. The lowest BCUT2D eigenvalue weighted by atomic mass is 10.1. The first-order chi connectivity index (χ1) is 7.82. The monoisotopic (exact) mass is 275 g/mol. The summed E-state index contributed by atoms with van der Waals surface area (Å²) in [5.74, 6) is -0.0683. The second-order valence-corrected chi connectivity index (χ2v) is 11.6. The molecular formula is C13H29NO3Si. The van der Waals surface area contributed by atoms with Gasteiger partial charge in [-0.05, 0) is 32.0 Å². The van der Waals surface area contributed by atoms with Gasteiger partial charge in [-0.3, -0.25) is 9.63 Å². The van der Waals surface area contributed by atoms with Crippen LogP contribution in [-0.4, -0.2) is 39.0 Å². The van der Waals surface area contributed by atoms with Crippen LogP contribution in [0.1, 0.15) is 41.0 Å². The number of hydrogen-bond donors (Lipinski definition) is 0. The third-order valence-corrected chi connectivity index (χ3v) is 8.21. The minimum absolute atomic E-state index is 0.0683. The lowest BCUT2D eigenvalue weighted by Crippen LogP contribution is -2.49. The van der Waals surface area contributed by atoms with E-state index in [1.165, 1.54) is 12.2 Å². The van der Waals surface area contributed by atoms with E-state index in [4.69, 9.17) is 9.26 Å². The van der Waals surface area contributed by atoms with Crippen molar-refractivity contribution >= 4 is 14.2 Å². The summed E-state index contributed by atoms with van der Waals surface area (Å²) >= 11 is 0. The zero-order chi connectivity index (χ0) is 14.8. The standard InChI is InChI=1S/C13H29NO3Si/c1-12(2,3)18(8,9)17-13(4,5)10-11(15)14(6)16-7/h10H2,1-9H3. The molecule has 0 aliphatic rings. The van der Waals surface area contributed by atoms with Crippen molar-refractivity contribution in [3.8, 4) is 0 Å². The molecule has 0 saturated heterocycles. The van der Waals surface area contributed by atoms with E-state index in [0.717, 1.165) is 0 Å². The fraction of sp³-hybridized carbons (Fsp3) is 0.923. The fourth-order valence-corrected chi connectivity index (χ4v) is 3.22. The smallest absolute Gasteiger partial charge is 0.248 e. The SMILES string of the molecule is CON(C)C(=O)CC(C)(C)O[Si](C)(C)C(C)(C)C. The highest BCUT2D eigenvalue weighted by molar-refractivity contribution is 6.74. The van der Waals surface area contributed by atoms with Crippen LogP contribution in [0.15, 0.2) is 0 Å². The molecule has 5 heteroatoms. The summed E-state index contributed by atoms with van der Waals surface area (Å²) in [5, 5.41) is 1.39. The van der Waals surface area contributed by atoms with Crippen LogP contribution in [0.25, 0.3) is 0 Å². The summed E-state index contributed by atoms with van der Waals surface area (Å²) in [4.78, 5) is 16.8. The average molecular weight is 275 g/mol. The molecule has 0 aliphatic carbocycles. The number of carbonyl (C=O) groups excluding carboxylic acids is 1. The van der Waals surface area contributed by atoms with Gasteiger partial charge in [0, 0.05) is 7.05 Å². The molecule has 0 saturated carbocycles. The molecule has 0 rings (SSSR count). The summed E-state index contributed by atoms with van der Waals surface area (Å²) in [7, 11) is 1.24. The summed E-state index contributed by atoms with van der Waals surface area (Å²) in [6, 6.07) is 0. The van der Waals surface area contributed by atoms with Gasteiger partial charge in [-0.2, -0.15) is 0 Å². The van der Waals surface area contributed by atoms with E-state index in [1.807, 2.05) is 13.8 Å². The van der Waals surface area contributed by atoms with E-state index in [-0.39, 0.29) is 10.9 Å². The number of hydrogen-bond acceptors (Lipinski definition) is 3. The fourth-order valence-electron chi connectivity index (χ4n) is 1.46. The zero-order valence-corrected chi connectivity index (χ0v) is 14.4. The normalized spacial score (nSPS) is 13.6. The molecule has 0 atom stereocenters. The van der Waals surface area contributed by atoms with Crippen LogP contribution in [-0.2, 0) is 14.1 Å². The Kier molecular flexibility index (Phi) is 5.59. The topological polar surface area (TPSA) is 38.8 Å². The molecule has 0 unspecified atom stereocenters. The van der Waals surface area contributed by atoms with Gasteiger partial charge in [-0.15, -0.1) is 0 Å². The quantitative estimate of drug-likeness (QED) is 0.571. The van der Waals surface area contributed by atoms with Gasteiger partial charge in [0.25, 0.3) is 0 Å². The highest BCUT2D eigenvalue weighted by atomic mass is 28.4. The number of amides is 1. The summed E-state index contributed by atoms with van der Waals surface area (Å²) < 4.78 is 6.29. The van der Waals surface area contributed by atoms with Gasteiger partial charge >= 0.3 is 0 Å². The van der Waals surface area contributed by atoms with Crippen molar-refractivity contribution in [3.63, 3.8) is 0 Å². The Bertz CT molecular complexity index is 295. The molecule has 0 aromatic rings. The molecule has 0 N–H and O–H groups in total. The molecule has 0 fully saturated rings. The van der Waals surface area contributed by atoms with Crippen molar-refractivity contribution in [1.82, 2.24) is 5.06 Å². The maximum atomic E-state index is 11.9. The van der Waals surface area contributed by atoms with Crippen LogP contribution in [0.5, 0.6) is 0 Å². The third kappa shape index (κ3) is 5.08. The Balaban J connectivity index is 4.72. The van der Waals surface area contributed by atoms with E-state index in [2.05, 4.69) is 33.9 Å². The maximum absolute atomic E-state index is 11.9. The molecule has 0 bridgehead atoms. The van der Waals surface area contributed by atoms with Crippen LogP contribution >= 0.6 is 0 Å². The van der Waals surface area contributed by atoms with Crippen molar-refractivity contribution in [1.29, 1.82) is 0 Å². The van der Waals surface area contributed by atoms with E-state index < -0.39 is 13.9 Å². The Morgan fingerprint density at radius 3 is 1.94 bits per heavy atom. The van der Waals surface area contributed by atoms with Crippen molar-refractivity contribution < 1.29 is 14.1 Å². The van der Waals surface area contributed by atoms with E-state index in [0.29, 0.717) is 6.42 Å². The molecule has 4 nitrogen and oxygen atoms in total. The molecule has 1 amide bonds. The first-order valence-corrected chi connectivity index (χ1v) is 9.24. The predicted octanol–water partition coefficient (Wildman–Crippen LogP) is 3.20. The lowest BCUT2D eigenvalue weighted by molar-refractivity contribution is -0.172. The van der Waals surface area contributed by atoms with Gasteiger partial charge in [-0.25, -0.2) is 5.06 Å². The highest BCUT2D eigenvalue weighted by Gasteiger charge is 2.42. The second-order valence-electron chi connectivity index (χ2n) is 6.87. The van der Waals surface area contributed by atoms with Crippen LogP contribution in [0.2, 0.25) is 18.1 Å². The molecule has 0 aliphatic heterocycles. The largest absolute Gasteiger partial charge is 0.411 e. The minimum atomic E-state index is -1.86. The first kappa shape index (κ1) is 17.6. The summed E-state index contributed by atoms with van der Waals surface area (Å²) in [6.45, 7) is 14.9. The second kappa shape index (κ2) is 5.71. The van der Waals surface area contributed by atoms with Gasteiger partial charge in [-0.1, -0.05) is 20.8 Å². The molecule has 0 radical (unpaired) electrons. The molecule has 108 valence electrons. The van der Waals surface area contributed by atoms with Crippen molar-refractivity contribution in [3.05, 3.63) is 0 Å². The van der Waals surface area contributed by atoms with Gasteiger partial charge in [0.05, 0.1) is 19.1 Å². The predicted molar refractivity (Wildman–Crippen MR) is 76.8 cm³/mol. The minimum Gasteiger partial charge on any atom is -0.411 e. The molecule has 0 aromatic carbocycles. The first-order valence-electron chi connectivity index (χ1n) is 6.33. The molecule has 0 heterocycles.